The van der Waals surface area contributed by atoms with Gasteiger partial charge in [0.2, 0.25) is 0 Å². The highest BCUT2D eigenvalue weighted by molar-refractivity contribution is 4.80. The van der Waals surface area contributed by atoms with Crippen LogP contribution in [0, 0.1) is 0 Å². The molecule has 0 saturated carbocycles. The zero-order chi connectivity index (χ0) is 9.10. The van der Waals surface area contributed by atoms with Gasteiger partial charge in [0, 0.05) is 19.6 Å². The van der Waals surface area contributed by atoms with Gasteiger partial charge in [0.15, 0.2) is 0 Å². The molecule has 1 atom stereocenters. The molecule has 1 unspecified atom stereocenters. The number of likely N-dealkylation sites (tertiary alicyclic amines) is 1. The van der Waals surface area contributed by atoms with Gasteiger partial charge >= 0.3 is 0 Å². The molecule has 0 spiro atoms. The first kappa shape index (κ1) is 9.44. The summed E-state index contributed by atoms with van der Waals surface area (Å²) in [5.41, 5.74) is 0. The quantitative estimate of drug-likeness (QED) is 0.632. The van der Waals surface area contributed by atoms with E-state index in [0.717, 1.165) is 13.1 Å². The SMILES string of the molecule is CN1CCNCC1N1CCCCC1. The van der Waals surface area contributed by atoms with E-state index in [4.69, 9.17) is 0 Å². The molecule has 2 heterocycles. The van der Waals surface area contributed by atoms with Crippen LogP contribution in [0.2, 0.25) is 0 Å². The molecule has 2 saturated heterocycles. The third kappa shape index (κ3) is 2.22. The molecule has 2 rings (SSSR count). The molecule has 2 aliphatic heterocycles. The Bertz CT molecular complexity index is 154. The molecule has 0 aromatic carbocycles. The van der Waals surface area contributed by atoms with E-state index in [9.17, 15) is 0 Å². The van der Waals surface area contributed by atoms with Crippen LogP contribution >= 0.6 is 0 Å². The largest absolute Gasteiger partial charge is 0.313 e. The van der Waals surface area contributed by atoms with Crippen molar-refractivity contribution in [1.29, 1.82) is 0 Å². The van der Waals surface area contributed by atoms with E-state index in [2.05, 4.69) is 22.2 Å². The molecule has 2 fully saturated rings. The van der Waals surface area contributed by atoms with Gasteiger partial charge in [-0.15, -0.1) is 0 Å². The third-order valence-electron chi connectivity index (χ3n) is 3.29. The van der Waals surface area contributed by atoms with Gasteiger partial charge in [-0.25, -0.2) is 0 Å². The van der Waals surface area contributed by atoms with Crippen LogP contribution in [0.4, 0.5) is 0 Å². The van der Waals surface area contributed by atoms with Crippen LogP contribution in [0.3, 0.4) is 0 Å². The summed E-state index contributed by atoms with van der Waals surface area (Å²) in [5.74, 6) is 0. The fourth-order valence-corrected chi connectivity index (χ4v) is 2.42. The summed E-state index contributed by atoms with van der Waals surface area (Å²) in [6, 6.07) is 0. The fourth-order valence-electron chi connectivity index (χ4n) is 2.42. The van der Waals surface area contributed by atoms with Gasteiger partial charge in [-0.05, 0) is 33.0 Å². The van der Waals surface area contributed by atoms with Crippen LogP contribution in [0.15, 0.2) is 0 Å². The molecular formula is C10H21N3. The molecule has 0 amide bonds. The Labute approximate surface area is 81.1 Å². The second kappa shape index (κ2) is 4.40. The number of hydrogen-bond acceptors (Lipinski definition) is 3. The van der Waals surface area contributed by atoms with E-state index in [0.29, 0.717) is 6.17 Å². The van der Waals surface area contributed by atoms with E-state index < -0.39 is 0 Å². The summed E-state index contributed by atoms with van der Waals surface area (Å²) in [6.45, 7) is 6.10. The minimum atomic E-state index is 0.661. The highest BCUT2D eigenvalue weighted by Gasteiger charge is 2.25. The molecule has 0 aromatic rings. The van der Waals surface area contributed by atoms with E-state index in [-0.39, 0.29) is 0 Å². The molecule has 13 heavy (non-hydrogen) atoms. The molecule has 0 bridgehead atoms. The van der Waals surface area contributed by atoms with Crippen LogP contribution in [-0.2, 0) is 0 Å². The Morgan fingerprint density at radius 2 is 1.85 bits per heavy atom. The van der Waals surface area contributed by atoms with Crippen LogP contribution in [0.25, 0.3) is 0 Å². The molecule has 0 aromatic heterocycles. The van der Waals surface area contributed by atoms with Crippen molar-refractivity contribution in [2.75, 3.05) is 39.8 Å². The normalized spacial score (nSPS) is 33.5. The molecule has 3 heteroatoms. The van der Waals surface area contributed by atoms with Crippen molar-refractivity contribution >= 4 is 0 Å². The maximum Gasteiger partial charge on any atom is 0.0749 e. The summed E-state index contributed by atoms with van der Waals surface area (Å²) in [7, 11) is 2.25. The lowest BCUT2D eigenvalue weighted by molar-refractivity contribution is 0.0299. The molecule has 76 valence electrons. The Morgan fingerprint density at radius 3 is 2.54 bits per heavy atom. The van der Waals surface area contributed by atoms with Crippen molar-refractivity contribution in [3.8, 4) is 0 Å². The Hall–Kier alpha value is -0.120. The second-order valence-corrected chi connectivity index (χ2v) is 4.26. The predicted molar refractivity (Wildman–Crippen MR) is 54.7 cm³/mol. The number of likely N-dealkylation sites (N-methyl/N-ethyl adjacent to an activating group) is 1. The summed E-state index contributed by atoms with van der Waals surface area (Å²) in [5, 5.41) is 3.48. The smallest absolute Gasteiger partial charge is 0.0749 e. The molecule has 0 radical (unpaired) electrons. The topological polar surface area (TPSA) is 18.5 Å². The number of rotatable bonds is 1. The molecule has 2 aliphatic rings. The summed E-state index contributed by atoms with van der Waals surface area (Å²) >= 11 is 0. The summed E-state index contributed by atoms with van der Waals surface area (Å²) < 4.78 is 0. The van der Waals surface area contributed by atoms with Crippen molar-refractivity contribution in [2.24, 2.45) is 0 Å². The van der Waals surface area contributed by atoms with Gasteiger partial charge in [-0.3, -0.25) is 9.80 Å². The molecule has 3 nitrogen and oxygen atoms in total. The Morgan fingerprint density at radius 1 is 1.08 bits per heavy atom. The van der Waals surface area contributed by atoms with Gasteiger partial charge < -0.3 is 5.32 Å². The Balaban J connectivity index is 1.88. The molecular weight excluding hydrogens is 162 g/mol. The zero-order valence-corrected chi connectivity index (χ0v) is 8.63. The van der Waals surface area contributed by atoms with Gasteiger partial charge in [-0.1, -0.05) is 6.42 Å². The first-order chi connectivity index (χ1) is 6.38. The monoisotopic (exact) mass is 183 g/mol. The number of nitrogens with zero attached hydrogens (tertiary/aromatic N) is 2. The minimum absolute atomic E-state index is 0.661. The zero-order valence-electron chi connectivity index (χ0n) is 8.63. The first-order valence-electron chi connectivity index (χ1n) is 5.53. The van der Waals surface area contributed by atoms with Crippen molar-refractivity contribution in [2.45, 2.75) is 25.4 Å². The van der Waals surface area contributed by atoms with Crippen molar-refractivity contribution < 1.29 is 0 Å². The highest BCUT2D eigenvalue weighted by Crippen LogP contribution is 2.14. The standard InChI is InChI=1S/C10H21N3/c1-12-8-5-11-9-10(12)13-6-3-2-4-7-13/h10-11H,2-9H2,1H3. The number of piperidine rings is 1. The van der Waals surface area contributed by atoms with E-state index >= 15 is 0 Å². The van der Waals surface area contributed by atoms with Gasteiger partial charge in [0.05, 0.1) is 6.17 Å². The van der Waals surface area contributed by atoms with E-state index in [1.165, 1.54) is 38.9 Å². The fraction of sp³-hybridized carbons (Fsp3) is 1.00. The number of nitrogens with one attached hydrogen (secondary N) is 1. The Kier molecular flexibility index (Phi) is 3.19. The van der Waals surface area contributed by atoms with Crippen molar-refractivity contribution in [3.63, 3.8) is 0 Å². The highest BCUT2D eigenvalue weighted by atomic mass is 15.4. The van der Waals surface area contributed by atoms with Crippen molar-refractivity contribution in [3.05, 3.63) is 0 Å². The lowest BCUT2D eigenvalue weighted by Gasteiger charge is -2.42. The maximum absolute atomic E-state index is 3.48. The van der Waals surface area contributed by atoms with E-state index in [1.807, 2.05) is 0 Å². The third-order valence-corrected chi connectivity index (χ3v) is 3.29. The number of hydrogen-bond donors (Lipinski definition) is 1. The van der Waals surface area contributed by atoms with Gasteiger partial charge in [0.1, 0.15) is 0 Å². The summed E-state index contributed by atoms with van der Waals surface area (Å²) in [4.78, 5) is 5.12. The second-order valence-electron chi connectivity index (χ2n) is 4.26. The summed E-state index contributed by atoms with van der Waals surface area (Å²) in [6.07, 6.45) is 4.88. The first-order valence-corrected chi connectivity index (χ1v) is 5.53. The van der Waals surface area contributed by atoms with Crippen LogP contribution in [0.5, 0.6) is 0 Å². The lowest BCUT2D eigenvalue weighted by Crippen LogP contribution is -2.58. The maximum atomic E-state index is 3.48. The van der Waals surface area contributed by atoms with Crippen LogP contribution < -0.4 is 5.32 Å². The lowest BCUT2D eigenvalue weighted by atomic mass is 10.1. The predicted octanol–water partition coefficient (Wildman–Crippen LogP) is 0.333. The van der Waals surface area contributed by atoms with Crippen LogP contribution in [0.1, 0.15) is 19.3 Å². The molecule has 1 N–H and O–H groups in total. The minimum Gasteiger partial charge on any atom is -0.313 e. The average molecular weight is 183 g/mol. The number of piperazine rings is 1. The molecule has 0 aliphatic carbocycles. The average Bonchev–Trinajstić information content (AvgIpc) is 2.20. The van der Waals surface area contributed by atoms with Gasteiger partial charge in [0.25, 0.3) is 0 Å². The van der Waals surface area contributed by atoms with Gasteiger partial charge in [-0.2, -0.15) is 0 Å². The van der Waals surface area contributed by atoms with Crippen molar-refractivity contribution in [1.82, 2.24) is 15.1 Å². The van der Waals surface area contributed by atoms with Crippen LogP contribution in [-0.4, -0.2) is 55.7 Å². The van der Waals surface area contributed by atoms with E-state index in [1.54, 1.807) is 0 Å².